The smallest absolute Gasteiger partial charge is 0.331 e. The predicted molar refractivity (Wildman–Crippen MR) is 70.4 cm³/mol. The van der Waals surface area contributed by atoms with Crippen LogP contribution < -0.4 is 0 Å². The summed E-state index contributed by atoms with van der Waals surface area (Å²) in [6.07, 6.45) is 4.38. The fraction of sp³-hybridized carbons (Fsp3) is 0.800. The van der Waals surface area contributed by atoms with Gasteiger partial charge < -0.3 is 9.84 Å². The molecule has 102 valence electrons. The van der Waals surface area contributed by atoms with Crippen LogP contribution in [0.5, 0.6) is 0 Å². The molecule has 0 aromatic rings. The van der Waals surface area contributed by atoms with Crippen molar-refractivity contribution in [3.8, 4) is 0 Å². The number of aliphatic carboxylic acids is 1. The molecule has 3 unspecified atom stereocenters. The molecule has 0 amide bonds. The van der Waals surface area contributed by atoms with Gasteiger partial charge in [0.15, 0.2) is 0 Å². The van der Waals surface area contributed by atoms with E-state index in [9.17, 15) is 4.79 Å². The minimum absolute atomic E-state index is 0.238. The summed E-state index contributed by atoms with van der Waals surface area (Å²) in [5, 5.41) is 8.76. The number of carbonyl (C=O) groups is 1. The van der Waals surface area contributed by atoms with Gasteiger partial charge in [-0.1, -0.05) is 27.4 Å². The maximum Gasteiger partial charge on any atom is 0.331 e. The number of rotatable bonds is 5. The van der Waals surface area contributed by atoms with E-state index in [-0.39, 0.29) is 17.1 Å². The number of fused-ring (bicyclic) bond motifs is 2. The summed E-state index contributed by atoms with van der Waals surface area (Å²) < 4.78 is 5.97. The van der Waals surface area contributed by atoms with Gasteiger partial charge in [-0.15, -0.1) is 0 Å². The molecule has 2 aliphatic rings. The molecule has 3 nitrogen and oxygen atoms in total. The lowest BCUT2D eigenvalue weighted by Crippen LogP contribution is -2.37. The van der Waals surface area contributed by atoms with E-state index < -0.39 is 5.97 Å². The van der Waals surface area contributed by atoms with Crippen LogP contribution in [0.15, 0.2) is 12.2 Å². The van der Waals surface area contributed by atoms with Crippen LogP contribution in [0.3, 0.4) is 0 Å². The van der Waals surface area contributed by atoms with Crippen LogP contribution in [0.25, 0.3) is 0 Å². The maximum absolute atomic E-state index is 10.7. The van der Waals surface area contributed by atoms with Crippen molar-refractivity contribution < 1.29 is 14.6 Å². The van der Waals surface area contributed by atoms with Gasteiger partial charge in [-0.2, -0.15) is 0 Å². The molecule has 18 heavy (non-hydrogen) atoms. The van der Waals surface area contributed by atoms with Crippen molar-refractivity contribution in [3.63, 3.8) is 0 Å². The average molecular weight is 252 g/mol. The van der Waals surface area contributed by atoms with Gasteiger partial charge in [-0.3, -0.25) is 0 Å². The lowest BCUT2D eigenvalue weighted by Gasteiger charge is -2.38. The maximum atomic E-state index is 10.7. The van der Waals surface area contributed by atoms with Gasteiger partial charge >= 0.3 is 5.97 Å². The largest absolute Gasteiger partial charge is 0.478 e. The Hall–Kier alpha value is -0.830. The molecule has 0 aromatic carbocycles. The molecule has 0 aromatic heterocycles. The number of hydrogen-bond donors (Lipinski definition) is 1. The van der Waals surface area contributed by atoms with Crippen molar-refractivity contribution in [2.24, 2.45) is 16.7 Å². The normalized spacial score (nSPS) is 36.8. The number of ether oxygens (including phenoxy) is 1. The fourth-order valence-electron chi connectivity index (χ4n) is 3.81. The zero-order chi connectivity index (χ0) is 13.6. The Bertz CT molecular complexity index is 372. The Morgan fingerprint density at radius 1 is 1.44 bits per heavy atom. The molecule has 0 aliphatic heterocycles. The van der Waals surface area contributed by atoms with Crippen molar-refractivity contribution in [1.82, 2.24) is 0 Å². The third-order valence-electron chi connectivity index (χ3n) is 5.74. The molecule has 0 radical (unpaired) electrons. The van der Waals surface area contributed by atoms with Crippen molar-refractivity contribution in [1.29, 1.82) is 0 Å². The van der Waals surface area contributed by atoms with Gasteiger partial charge in [0.1, 0.15) is 0 Å². The highest BCUT2D eigenvalue weighted by atomic mass is 16.5. The third kappa shape index (κ3) is 1.89. The average Bonchev–Trinajstić information content (AvgIpc) is 2.61. The topological polar surface area (TPSA) is 46.5 Å². The molecular weight excluding hydrogens is 228 g/mol. The van der Waals surface area contributed by atoms with Crippen LogP contribution >= 0.6 is 0 Å². The Morgan fingerprint density at radius 2 is 2.11 bits per heavy atom. The van der Waals surface area contributed by atoms with Crippen LogP contribution in [0, 0.1) is 16.7 Å². The van der Waals surface area contributed by atoms with Crippen LogP contribution in [0.1, 0.15) is 46.5 Å². The van der Waals surface area contributed by atoms with Crippen molar-refractivity contribution in [2.45, 2.75) is 52.6 Å². The van der Waals surface area contributed by atoms with Gasteiger partial charge in [-0.05, 0) is 36.0 Å². The van der Waals surface area contributed by atoms with E-state index in [1.165, 1.54) is 12.8 Å². The number of carboxylic acid groups (broad SMARTS) is 1. The lowest BCUT2D eigenvalue weighted by atomic mass is 9.70. The summed E-state index contributed by atoms with van der Waals surface area (Å²) >= 11 is 0. The zero-order valence-corrected chi connectivity index (χ0v) is 11.7. The predicted octanol–water partition coefficient (Wildman–Crippen LogP) is 3.25. The molecule has 3 heteroatoms. The number of carboxylic acids is 1. The molecule has 0 saturated heterocycles. The van der Waals surface area contributed by atoms with Gasteiger partial charge in [-0.25, -0.2) is 4.79 Å². The molecule has 1 N–H and O–H groups in total. The molecule has 0 spiro atoms. The van der Waals surface area contributed by atoms with Crippen LogP contribution in [0.2, 0.25) is 0 Å². The summed E-state index contributed by atoms with van der Waals surface area (Å²) in [6, 6.07) is 0. The van der Waals surface area contributed by atoms with Crippen LogP contribution in [-0.2, 0) is 9.53 Å². The summed E-state index contributed by atoms with van der Waals surface area (Å²) in [5.41, 5.74) is 0.839. The Morgan fingerprint density at radius 3 is 2.56 bits per heavy atom. The van der Waals surface area contributed by atoms with Crippen molar-refractivity contribution in [2.75, 3.05) is 6.61 Å². The summed E-state index contributed by atoms with van der Waals surface area (Å²) in [5.74, 6) is -0.159. The monoisotopic (exact) mass is 252 g/mol. The summed E-state index contributed by atoms with van der Waals surface area (Å²) in [7, 11) is 0. The highest BCUT2D eigenvalue weighted by molar-refractivity contribution is 5.85. The molecule has 2 bridgehead atoms. The summed E-state index contributed by atoms with van der Waals surface area (Å²) in [6.45, 7) is 11.0. The Kier molecular flexibility index (Phi) is 3.30. The second-order valence-corrected chi connectivity index (χ2v) is 6.63. The highest BCUT2D eigenvalue weighted by Crippen LogP contribution is 2.66. The van der Waals surface area contributed by atoms with Gasteiger partial charge in [0.25, 0.3) is 0 Å². The van der Waals surface area contributed by atoms with Crippen LogP contribution in [0.4, 0.5) is 0 Å². The van der Waals surface area contributed by atoms with Crippen molar-refractivity contribution in [3.05, 3.63) is 12.2 Å². The van der Waals surface area contributed by atoms with E-state index in [1.54, 1.807) is 0 Å². The van der Waals surface area contributed by atoms with E-state index in [0.29, 0.717) is 18.4 Å². The standard InChI is InChI=1S/C15H24O3/c1-10(13(16)17)6-8-18-12-9-11-5-7-15(12,4)14(11,2)3/h11-12H,1,5-9H2,2-4H3,(H,16,17). The SMILES string of the molecule is C=C(CCOC1CC2CCC1(C)C2(C)C)C(=O)O. The van der Waals surface area contributed by atoms with Gasteiger partial charge in [0.05, 0.1) is 12.7 Å². The number of hydrogen-bond acceptors (Lipinski definition) is 2. The first-order chi connectivity index (χ1) is 8.29. The molecular formula is C15H24O3. The van der Waals surface area contributed by atoms with E-state index >= 15 is 0 Å². The fourth-order valence-corrected chi connectivity index (χ4v) is 3.81. The third-order valence-corrected chi connectivity index (χ3v) is 5.74. The van der Waals surface area contributed by atoms with E-state index in [2.05, 4.69) is 27.4 Å². The van der Waals surface area contributed by atoms with E-state index in [4.69, 9.17) is 9.84 Å². The quantitative estimate of drug-likeness (QED) is 0.764. The van der Waals surface area contributed by atoms with Gasteiger partial charge in [0.2, 0.25) is 0 Å². The van der Waals surface area contributed by atoms with E-state index in [0.717, 1.165) is 12.3 Å². The highest BCUT2D eigenvalue weighted by Gasteiger charge is 2.61. The molecule has 2 saturated carbocycles. The molecule has 3 atom stereocenters. The summed E-state index contributed by atoms with van der Waals surface area (Å²) in [4.78, 5) is 10.7. The minimum Gasteiger partial charge on any atom is -0.478 e. The molecule has 2 fully saturated rings. The molecule has 0 heterocycles. The van der Waals surface area contributed by atoms with Crippen LogP contribution in [-0.4, -0.2) is 23.8 Å². The lowest BCUT2D eigenvalue weighted by molar-refractivity contribution is -0.133. The Balaban J connectivity index is 1.89. The second-order valence-electron chi connectivity index (χ2n) is 6.63. The van der Waals surface area contributed by atoms with Gasteiger partial charge in [0, 0.05) is 12.0 Å². The Labute approximate surface area is 109 Å². The first kappa shape index (κ1) is 13.6. The first-order valence-electron chi connectivity index (χ1n) is 6.81. The second kappa shape index (κ2) is 4.37. The first-order valence-corrected chi connectivity index (χ1v) is 6.81. The molecule has 2 aliphatic carbocycles. The zero-order valence-electron chi connectivity index (χ0n) is 11.7. The molecule has 2 rings (SSSR count). The van der Waals surface area contributed by atoms with Crippen molar-refractivity contribution >= 4 is 5.97 Å². The minimum atomic E-state index is -0.918. The van der Waals surface area contributed by atoms with E-state index in [1.807, 2.05) is 0 Å².